The van der Waals surface area contributed by atoms with Gasteiger partial charge in [-0.05, 0) is 26.2 Å². The van der Waals surface area contributed by atoms with Crippen LogP contribution in [0.15, 0.2) is 0 Å². The van der Waals surface area contributed by atoms with Crippen LogP contribution in [-0.4, -0.2) is 24.6 Å². The molecule has 0 saturated carbocycles. The molecule has 0 aliphatic rings. The van der Waals surface area contributed by atoms with E-state index in [0.29, 0.717) is 6.61 Å². The average Bonchev–Trinajstić information content (AvgIpc) is 2.58. The van der Waals surface area contributed by atoms with Crippen molar-refractivity contribution in [3.63, 3.8) is 0 Å². The molecule has 0 aromatic heterocycles. The van der Waals surface area contributed by atoms with E-state index in [1.165, 1.54) is 38.5 Å². The van der Waals surface area contributed by atoms with Gasteiger partial charge < -0.3 is 9.47 Å². The van der Waals surface area contributed by atoms with E-state index in [1.54, 1.807) is 0 Å². The molecule has 0 heterocycles. The summed E-state index contributed by atoms with van der Waals surface area (Å²) in [5, 5.41) is 0. The maximum Gasteiger partial charge on any atom is 0.306 e. The number of hydrogen-bond acceptors (Lipinski definition) is 4. The summed E-state index contributed by atoms with van der Waals surface area (Å²) in [4.78, 5) is 23.3. The highest BCUT2D eigenvalue weighted by Crippen LogP contribution is 2.10. The van der Waals surface area contributed by atoms with Crippen LogP contribution >= 0.6 is 0 Å². The van der Waals surface area contributed by atoms with Gasteiger partial charge in [-0.3, -0.25) is 9.59 Å². The van der Waals surface area contributed by atoms with Crippen LogP contribution in [0.5, 0.6) is 0 Å². The average molecular weight is 357 g/mol. The van der Waals surface area contributed by atoms with Gasteiger partial charge in [0, 0.05) is 0 Å². The molecule has 0 bridgehead atoms. The molecule has 0 rings (SSSR count). The van der Waals surface area contributed by atoms with Crippen LogP contribution in [0.1, 0.15) is 111 Å². The van der Waals surface area contributed by atoms with E-state index in [9.17, 15) is 9.59 Å². The lowest BCUT2D eigenvalue weighted by atomic mass is 10.1. The molecule has 0 aliphatic heterocycles. The highest BCUT2D eigenvalue weighted by atomic mass is 16.5. The molecular weight excluding hydrogens is 316 g/mol. The molecule has 0 amide bonds. The molecule has 0 saturated heterocycles. The Morgan fingerprint density at radius 1 is 0.720 bits per heavy atom. The van der Waals surface area contributed by atoms with Crippen LogP contribution in [0.2, 0.25) is 0 Å². The molecule has 0 aromatic rings. The van der Waals surface area contributed by atoms with E-state index in [0.717, 1.165) is 38.5 Å². The molecule has 4 nitrogen and oxygen atoms in total. The Hall–Kier alpha value is -1.06. The Morgan fingerprint density at radius 3 is 1.88 bits per heavy atom. The summed E-state index contributed by atoms with van der Waals surface area (Å²) in [5.74, 6) is -0.591. The summed E-state index contributed by atoms with van der Waals surface area (Å²) >= 11 is 0. The summed E-state index contributed by atoms with van der Waals surface area (Å²) in [5.41, 5.74) is 0. The molecule has 1 unspecified atom stereocenters. The van der Waals surface area contributed by atoms with Gasteiger partial charge in [0.1, 0.15) is 0 Å². The lowest BCUT2D eigenvalue weighted by Gasteiger charge is -2.12. The molecule has 0 radical (unpaired) electrons. The molecule has 0 fully saturated rings. The second-order valence-corrected chi connectivity index (χ2v) is 6.99. The first-order chi connectivity index (χ1) is 12.1. The van der Waals surface area contributed by atoms with E-state index in [2.05, 4.69) is 13.8 Å². The van der Waals surface area contributed by atoms with Crippen molar-refractivity contribution in [1.29, 1.82) is 0 Å². The van der Waals surface area contributed by atoms with Gasteiger partial charge in [0.2, 0.25) is 0 Å². The molecule has 0 N–H and O–H groups in total. The van der Waals surface area contributed by atoms with E-state index >= 15 is 0 Å². The van der Waals surface area contributed by atoms with Crippen LogP contribution in [0, 0.1) is 0 Å². The Kier molecular flexibility index (Phi) is 17.0. The van der Waals surface area contributed by atoms with Crippen molar-refractivity contribution in [2.75, 3.05) is 6.61 Å². The quantitative estimate of drug-likeness (QED) is 0.238. The van der Waals surface area contributed by atoms with Gasteiger partial charge in [-0.15, -0.1) is 0 Å². The standard InChI is InChI=1S/C21H40O4/c1-4-6-8-9-10-11-12-14-18-24-20(22)16-17-21(23)25-19(3)15-13-7-5-2/h19H,4-18H2,1-3H3. The maximum absolute atomic E-state index is 11.7. The summed E-state index contributed by atoms with van der Waals surface area (Å²) in [6, 6.07) is 0. The third-order valence-corrected chi connectivity index (χ3v) is 4.34. The lowest BCUT2D eigenvalue weighted by molar-refractivity contribution is -0.153. The number of ether oxygens (including phenoxy) is 2. The van der Waals surface area contributed by atoms with Crippen LogP contribution < -0.4 is 0 Å². The van der Waals surface area contributed by atoms with Crippen molar-refractivity contribution in [3.05, 3.63) is 0 Å². The van der Waals surface area contributed by atoms with Crippen molar-refractivity contribution in [1.82, 2.24) is 0 Å². The van der Waals surface area contributed by atoms with Crippen LogP contribution in [0.4, 0.5) is 0 Å². The van der Waals surface area contributed by atoms with E-state index in [1.807, 2.05) is 6.92 Å². The highest BCUT2D eigenvalue weighted by molar-refractivity contribution is 5.77. The van der Waals surface area contributed by atoms with Gasteiger partial charge in [0.15, 0.2) is 0 Å². The topological polar surface area (TPSA) is 52.6 Å². The van der Waals surface area contributed by atoms with E-state index in [-0.39, 0.29) is 30.9 Å². The molecule has 0 spiro atoms. The summed E-state index contributed by atoms with van der Waals surface area (Å²) in [7, 11) is 0. The molecule has 148 valence electrons. The molecule has 0 aliphatic carbocycles. The Bertz CT molecular complexity index is 328. The SMILES string of the molecule is CCCCCCCCCCOC(=O)CCC(=O)OC(C)CCCCC. The largest absolute Gasteiger partial charge is 0.466 e. The van der Waals surface area contributed by atoms with Gasteiger partial charge in [0.05, 0.1) is 25.6 Å². The number of carbonyl (C=O) groups excluding carboxylic acids is 2. The van der Waals surface area contributed by atoms with E-state index in [4.69, 9.17) is 9.47 Å². The summed E-state index contributed by atoms with van der Waals surface area (Å²) in [6.07, 6.45) is 14.2. The fourth-order valence-electron chi connectivity index (χ4n) is 2.72. The molecule has 0 aromatic carbocycles. The zero-order chi connectivity index (χ0) is 18.8. The normalized spacial score (nSPS) is 12.0. The molecule has 1 atom stereocenters. The minimum atomic E-state index is -0.298. The fourth-order valence-corrected chi connectivity index (χ4v) is 2.72. The minimum absolute atomic E-state index is 0.0626. The van der Waals surface area contributed by atoms with E-state index < -0.39 is 0 Å². The lowest BCUT2D eigenvalue weighted by Crippen LogP contribution is -2.16. The third-order valence-electron chi connectivity index (χ3n) is 4.34. The van der Waals surface area contributed by atoms with Gasteiger partial charge in [-0.2, -0.15) is 0 Å². The van der Waals surface area contributed by atoms with Crippen molar-refractivity contribution >= 4 is 11.9 Å². The summed E-state index contributed by atoms with van der Waals surface area (Å²) < 4.78 is 10.5. The fraction of sp³-hybridized carbons (Fsp3) is 0.905. The zero-order valence-corrected chi connectivity index (χ0v) is 16.8. The second-order valence-electron chi connectivity index (χ2n) is 6.99. The van der Waals surface area contributed by atoms with Gasteiger partial charge >= 0.3 is 11.9 Å². The smallest absolute Gasteiger partial charge is 0.306 e. The van der Waals surface area contributed by atoms with Crippen LogP contribution in [-0.2, 0) is 19.1 Å². The van der Waals surface area contributed by atoms with Crippen molar-refractivity contribution in [3.8, 4) is 0 Å². The zero-order valence-electron chi connectivity index (χ0n) is 16.8. The number of rotatable bonds is 17. The van der Waals surface area contributed by atoms with Crippen LogP contribution in [0.25, 0.3) is 0 Å². The van der Waals surface area contributed by atoms with Gasteiger partial charge in [-0.1, -0.05) is 71.6 Å². The molecule has 25 heavy (non-hydrogen) atoms. The summed E-state index contributed by atoms with van der Waals surface area (Å²) in [6.45, 7) is 6.75. The Morgan fingerprint density at radius 2 is 1.24 bits per heavy atom. The van der Waals surface area contributed by atoms with Crippen molar-refractivity contribution in [2.24, 2.45) is 0 Å². The first-order valence-electron chi connectivity index (χ1n) is 10.4. The number of carbonyl (C=O) groups is 2. The first kappa shape index (κ1) is 23.9. The van der Waals surface area contributed by atoms with Crippen molar-refractivity contribution in [2.45, 2.75) is 117 Å². The van der Waals surface area contributed by atoms with Gasteiger partial charge in [-0.25, -0.2) is 0 Å². The predicted molar refractivity (Wildman–Crippen MR) is 102 cm³/mol. The predicted octanol–water partition coefficient (Wildman–Crippen LogP) is 5.96. The first-order valence-corrected chi connectivity index (χ1v) is 10.4. The number of esters is 2. The molecule has 4 heteroatoms. The Labute approximate surface area is 155 Å². The Balaban J connectivity index is 3.46. The van der Waals surface area contributed by atoms with Gasteiger partial charge in [0.25, 0.3) is 0 Å². The minimum Gasteiger partial charge on any atom is -0.466 e. The maximum atomic E-state index is 11.7. The monoisotopic (exact) mass is 356 g/mol. The number of unbranched alkanes of at least 4 members (excludes halogenated alkanes) is 9. The van der Waals surface area contributed by atoms with Crippen molar-refractivity contribution < 1.29 is 19.1 Å². The molecular formula is C21H40O4. The number of hydrogen-bond donors (Lipinski definition) is 0. The highest BCUT2D eigenvalue weighted by Gasteiger charge is 2.12. The third kappa shape index (κ3) is 17.6. The van der Waals surface area contributed by atoms with Crippen LogP contribution in [0.3, 0.4) is 0 Å². The second kappa shape index (κ2) is 17.8.